The molecular weight excluding hydrogens is 285 g/mol. The van der Waals surface area contributed by atoms with Crippen LogP contribution in [0.3, 0.4) is 0 Å². The van der Waals surface area contributed by atoms with E-state index in [0.717, 1.165) is 10.4 Å². The van der Waals surface area contributed by atoms with Crippen molar-refractivity contribution in [1.82, 2.24) is 0 Å². The number of halogens is 1. The van der Waals surface area contributed by atoms with Crippen LogP contribution >= 0.6 is 11.3 Å². The van der Waals surface area contributed by atoms with Gasteiger partial charge in [-0.05, 0) is 41.6 Å². The first-order chi connectivity index (χ1) is 10.2. The summed E-state index contributed by atoms with van der Waals surface area (Å²) >= 11 is 1.69. The van der Waals surface area contributed by atoms with E-state index < -0.39 is 0 Å². The summed E-state index contributed by atoms with van der Waals surface area (Å²) in [5, 5.41) is 1.20. The monoisotopic (exact) mass is 301 g/mol. The number of fused-ring (bicyclic) bond motifs is 1. The van der Waals surface area contributed by atoms with E-state index in [2.05, 4.69) is 18.2 Å². The highest BCUT2D eigenvalue weighted by Gasteiger charge is 2.12. The van der Waals surface area contributed by atoms with Crippen molar-refractivity contribution in [2.75, 3.05) is 7.11 Å². The molecule has 0 spiro atoms. The van der Waals surface area contributed by atoms with Crippen molar-refractivity contribution in [3.05, 3.63) is 64.8 Å². The summed E-state index contributed by atoms with van der Waals surface area (Å²) in [5.41, 5.74) is 7.14. The van der Waals surface area contributed by atoms with E-state index in [1.807, 2.05) is 18.2 Å². The van der Waals surface area contributed by atoms with E-state index in [1.54, 1.807) is 17.4 Å². The minimum Gasteiger partial charge on any atom is -0.494 e. The lowest BCUT2D eigenvalue weighted by Crippen LogP contribution is -2.11. The minimum absolute atomic E-state index is 0.129. The van der Waals surface area contributed by atoms with Gasteiger partial charge in [0.15, 0.2) is 11.6 Å². The van der Waals surface area contributed by atoms with Gasteiger partial charge in [0.1, 0.15) is 0 Å². The molecule has 3 rings (SSSR count). The predicted molar refractivity (Wildman–Crippen MR) is 85.4 cm³/mol. The molecule has 21 heavy (non-hydrogen) atoms. The van der Waals surface area contributed by atoms with E-state index in [-0.39, 0.29) is 17.6 Å². The lowest BCUT2D eigenvalue weighted by molar-refractivity contribution is 0.386. The third-order valence-corrected chi connectivity index (χ3v) is 4.73. The van der Waals surface area contributed by atoms with Crippen LogP contribution in [0, 0.1) is 5.82 Å². The third-order valence-electron chi connectivity index (χ3n) is 3.48. The highest BCUT2D eigenvalue weighted by molar-refractivity contribution is 7.19. The molecule has 3 aromatic rings. The zero-order chi connectivity index (χ0) is 14.8. The summed E-state index contributed by atoms with van der Waals surface area (Å²) in [6, 6.07) is 15.2. The van der Waals surface area contributed by atoms with Gasteiger partial charge in [0, 0.05) is 15.6 Å². The molecule has 1 heterocycles. The minimum atomic E-state index is -0.349. The molecule has 2 N–H and O–H groups in total. The Labute approximate surface area is 127 Å². The third kappa shape index (κ3) is 2.91. The number of thiophene rings is 1. The Kier molecular flexibility index (Phi) is 3.90. The molecule has 1 atom stereocenters. The van der Waals surface area contributed by atoms with Crippen LogP contribution in [0.2, 0.25) is 0 Å². The van der Waals surface area contributed by atoms with Crippen molar-refractivity contribution >= 4 is 21.4 Å². The van der Waals surface area contributed by atoms with Crippen LogP contribution in [0.5, 0.6) is 5.75 Å². The van der Waals surface area contributed by atoms with Gasteiger partial charge >= 0.3 is 0 Å². The van der Waals surface area contributed by atoms with Crippen molar-refractivity contribution in [2.45, 2.75) is 12.5 Å². The molecule has 108 valence electrons. The molecule has 2 nitrogen and oxygen atoms in total. The summed E-state index contributed by atoms with van der Waals surface area (Å²) < 4.78 is 19.9. The summed E-state index contributed by atoms with van der Waals surface area (Å²) in [7, 11) is 1.46. The molecule has 0 saturated carbocycles. The van der Waals surface area contributed by atoms with Crippen molar-refractivity contribution in [3.63, 3.8) is 0 Å². The van der Waals surface area contributed by atoms with E-state index in [4.69, 9.17) is 10.5 Å². The lowest BCUT2D eigenvalue weighted by Gasteiger charge is -2.10. The van der Waals surface area contributed by atoms with Gasteiger partial charge in [-0.3, -0.25) is 0 Å². The van der Waals surface area contributed by atoms with Gasteiger partial charge in [0.25, 0.3) is 0 Å². The fraction of sp³-hybridized carbons (Fsp3) is 0.176. The van der Waals surface area contributed by atoms with Gasteiger partial charge in [-0.2, -0.15) is 0 Å². The van der Waals surface area contributed by atoms with Gasteiger partial charge in [-0.1, -0.05) is 24.3 Å². The summed E-state index contributed by atoms with van der Waals surface area (Å²) in [6.45, 7) is 0. The predicted octanol–water partition coefficient (Wildman–Crippen LogP) is 4.29. The molecule has 4 heteroatoms. The number of hydrogen-bond acceptors (Lipinski definition) is 3. The topological polar surface area (TPSA) is 35.2 Å². The average Bonchev–Trinajstić information content (AvgIpc) is 2.91. The van der Waals surface area contributed by atoms with Crippen LogP contribution < -0.4 is 10.5 Å². The van der Waals surface area contributed by atoms with Gasteiger partial charge in [0.2, 0.25) is 0 Å². The highest BCUT2D eigenvalue weighted by atomic mass is 32.1. The van der Waals surface area contributed by atoms with E-state index in [9.17, 15) is 4.39 Å². The molecule has 0 radical (unpaired) electrons. The van der Waals surface area contributed by atoms with Gasteiger partial charge < -0.3 is 10.5 Å². The maximum atomic E-state index is 13.7. The quantitative estimate of drug-likeness (QED) is 0.780. The number of rotatable bonds is 4. The van der Waals surface area contributed by atoms with Gasteiger partial charge in [-0.15, -0.1) is 11.3 Å². The van der Waals surface area contributed by atoms with E-state index >= 15 is 0 Å². The van der Waals surface area contributed by atoms with Crippen molar-refractivity contribution in [2.24, 2.45) is 5.73 Å². The van der Waals surface area contributed by atoms with Crippen LogP contribution in [-0.4, -0.2) is 7.11 Å². The highest BCUT2D eigenvalue weighted by Crippen LogP contribution is 2.30. The summed E-state index contributed by atoms with van der Waals surface area (Å²) in [4.78, 5) is 1.12. The smallest absolute Gasteiger partial charge is 0.165 e. The molecule has 0 fully saturated rings. The Balaban J connectivity index is 1.82. The van der Waals surface area contributed by atoms with Crippen LogP contribution in [0.4, 0.5) is 4.39 Å². The maximum absolute atomic E-state index is 13.7. The number of hydrogen-bond donors (Lipinski definition) is 1. The number of ether oxygens (including phenoxy) is 1. The Bertz CT molecular complexity index is 735. The summed E-state index contributed by atoms with van der Waals surface area (Å²) in [6.07, 6.45) is 0.605. The Hall–Kier alpha value is -1.91. The fourth-order valence-corrected chi connectivity index (χ4v) is 3.44. The van der Waals surface area contributed by atoms with E-state index in [1.165, 1.54) is 23.3 Å². The Morgan fingerprint density at radius 2 is 2.00 bits per heavy atom. The second-order valence-electron chi connectivity index (χ2n) is 4.97. The molecule has 0 bridgehead atoms. The van der Waals surface area contributed by atoms with Crippen molar-refractivity contribution < 1.29 is 9.13 Å². The van der Waals surface area contributed by atoms with Crippen molar-refractivity contribution in [3.8, 4) is 5.75 Å². The van der Waals surface area contributed by atoms with Crippen molar-refractivity contribution in [1.29, 1.82) is 0 Å². The van der Waals surface area contributed by atoms with Crippen LogP contribution in [-0.2, 0) is 6.42 Å². The van der Waals surface area contributed by atoms with Gasteiger partial charge in [0.05, 0.1) is 7.11 Å². The molecule has 1 unspecified atom stereocenters. The number of benzene rings is 2. The molecule has 0 aliphatic heterocycles. The second-order valence-corrected chi connectivity index (χ2v) is 6.08. The SMILES string of the molecule is COc1ccc(CC(N)c2cc3ccccc3s2)cc1F. The number of methoxy groups -OCH3 is 1. The molecule has 2 aromatic carbocycles. The zero-order valence-electron chi connectivity index (χ0n) is 11.7. The molecule has 0 amide bonds. The lowest BCUT2D eigenvalue weighted by atomic mass is 10.0. The maximum Gasteiger partial charge on any atom is 0.165 e. The molecule has 0 aliphatic rings. The molecule has 0 aliphatic carbocycles. The normalized spacial score (nSPS) is 12.5. The fourth-order valence-electron chi connectivity index (χ4n) is 2.38. The summed E-state index contributed by atoms with van der Waals surface area (Å²) in [5.74, 6) is -0.0901. The first-order valence-electron chi connectivity index (χ1n) is 6.74. The number of nitrogens with two attached hydrogens (primary N) is 1. The Morgan fingerprint density at radius 1 is 1.19 bits per heavy atom. The molecular formula is C17H16FNOS. The second kappa shape index (κ2) is 5.84. The van der Waals surface area contributed by atoms with E-state index in [0.29, 0.717) is 6.42 Å². The average molecular weight is 301 g/mol. The molecule has 1 aromatic heterocycles. The van der Waals surface area contributed by atoms with Gasteiger partial charge in [-0.25, -0.2) is 4.39 Å². The Morgan fingerprint density at radius 3 is 2.71 bits per heavy atom. The van der Waals surface area contributed by atoms with Crippen LogP contribution in [0.25, 0.3) is 10.1 Å². The van der Waals surface area contributed by atoms with Crippen LogP contribution in [0.15, 0.2) is 48.5 Å². The first-order valence-corrected chi connectivity index (χ1v) is 7.55. The van der Waals surface area contributed by atoms with Crippen LogP contribution in [0.1, 0.15) is 16.5 Å². The standard InChI is InChI=1S/C17H16FNOS/c1-20-15-7-6-11(8-13(15)18)9-14(19)17-10-12-4-2-3-5-16(12)21-17/h2-8,10,14H,9,19H2,1H3. The zero-order valence-corrected chi connectivity index (χ0v) is 12.5. The largest absolute Gasteiger partial charge is 0.494 e. The first kappa shape index (κ1) is 14.0. The molecule has 0 saturated heterocycles.